The third-order valence-corrected chi connectivity index (χ3v) is 4.01. The molecule has 1 saturated carbocycles. The minimum absolute atomic E-state index is 0.536. The highest BCUT2D eigenvalue weighted by atomic mass is 127. The van der Waals surface area contributed by atoms with Crippen molar-refractivity contribution in [3.8, 4) is 0 Å². The molecule has 1 aliphatic carbocycles. The van der Waals surface area contributed by atoms with Crippen LogP contribution < -0.4 is 4.90 Å². The lowest BCUT2D eigenvalue weighted by molar-refractivity contribution is 0.202. The van der Waals surface area contributed by atoms with Gasteiger partial charge in [-0.1, -0.05) is 0 Å². The predicted molar refractivity (Wildman–Crippen MR) is 76.2 cm³/mol. The van der Waals surface area contributed by atoms with Crippen LogP contribution in [0.1, 0.15) is 19.8 Å². The molecule has 0 radical (unpaired) electrons. The highest BCUT2D eigenvalue weighted by Crippen LogP contribution is 2.37. The van der Waals surface area contributed by atoms with Crippen LogP contribution in [0.3, 0.4) is 0 Å². The van der Waals surface area contributed by atoms with Gasteiger partial charge >= 0.3 is 0 Å². The summed E-state index contributed by atoms with van der Waals surface area (Å²) in [5.74, 6) is 1.86. The normalized spacial score (nSPS) is 16.9. The van der Waals surface area contributed by atoms with Crippen molar-refractivity contribution < 1.29 is 4.74 Å². The summed E-state index contributed by atoms with van der Waals surface area (Å²) in [7, 11) is 1.74. The van der Waals surface area contributed by atoms with E-state index in [0.717, 1.165) is 28.5 Å². The Morgan fingerprint density at radius 1 is 1.59 bits per heavy atom. The van der Waals surface area contributed by atoms with Gasteiger partial charge in [0.05, 0.1) is 10.2 Å². The second-order valence-corrected chi connectivity index (χ2v) is 5.62. The van der Waals surface area contributed by atoms with E-state index in [-0.39, 0.29) is 0 Å². The minimum Gasteiger partial charge on any atom is -0.383 e. The number of aromatic nitrogens is 2. The van der Waals surface area contributed by atoms with Crippen molar-refractivity contribution >= 4 is 28.4 Å². The van der Waals surface area contributed by atoms with Crippen molar-refractivity contribution in [1.29, 1.82) is 0 Å². The van der Waals surface area contributed by atoms with Gasteiger partial charge in [-0.2, -0.15) is 0 Å². The molecule has 0 bridgehead atoms. The molecule has 1 aromatic heterocycles. The molecule has 1 atom stereocenters. The Labute approximate surface area is 116 Å². The lowest BCUT2D eigenvalue weighted by atomic mass is 10.2. The summed E-state index contributed by atoms with van der Waals surface area (Å²) in [5.41, 5.74) is 0. The van der Waals surface area contributed by atoms with Crippen LogP contribution in [0.5, 0.6) is 0 Å². The van der Waals surface area contributed by atoms with Crippen LogP contribution in [0.2, 0.25) is 0 Å². The van der Waals surface area contributed by atoms with E-state index in [4.69, 9.17) is 4.74 Å². The van der Waals surface area contributed by atoms with Gasteiger partial charge in [0, 0.05) is 25.9 Å². The highest BCUT2D eigenvalue weighted by molar-refractivity contribution is 14.1. The van der Waals surface area contributed by atoms with Crippen LogP contribution in [-0.4, -0.2) is 36.3 Å². The van der Waals surface area contributed by atoms with Crippen LogP contribution in [0.4, 0.5) is 5.82 Å². The van der Waals surface area contributed by atoms with Gasteiger partial charge in [0.1, 0.15) is 12.1 Å². The minimum atomic E-state index is 0.536. The van der Waals surface area contributed by atoms with E-state index in [1.807, 2.05) is 6.20 Å². The fraction of sp³-hybridized carbons (Fsp3) is 0.667. The first kappa shape index (κ1) is 13.0. The monoisotopic (exact) mass is 347 g/mol. The molecule has 0 aromatic carbocycles. The van der Waals surface area contributed by atoms with Gasteiger partial charge in [-0.25, -0.2) is 9.97 Å². The summed E-state index contributed by atoms with van der Waals surface area (Å²) >= 11 is 2.30. The summed E-state index contributed by atoms with van der Waals surface area (Å²) in [6.07, 6.45) is 6.16. The van der Waals surface area contributed by atoms with Gasteiger partial charge in [0.2, 0.25) is 0 Å². The third kappa shape index (κ3) is 3.28. The molecule has 0 saturated heterocycles. The van der Waals surface area contributed by atoms with E-state index in [9.17, 15) is 0 Å². The molecule has 0 aliphatic heterocycles. The predicted octanol–water partition coefficient (Wildman–Crippen LogP) is 2.33. The van der Waals surface area contributed by atoms with Crippen LogP contribution in [-0.2, 0) is 4.74 Å². The molecule has 0 spiro atoms. The average molecular weight is 347 g/mol. The molecule has 4 nitrogen and oxygen atoms in total. The SMILES string of the molecule is COCCN(c1ncncc1I)C(C)C1CC1. The van der Waals surface area contributed by atoms with Crippen molar-refractivity contribution in [2.45, 2.75) is 25.8 Å². The van der Waals surface area contributed by atoms with Gasteiger partial charge < -0.3 is 9.64 Å². The van der Waals surface area contributed by atoms with Crippen molar-refractivity contribution in [1.82, 2.24) is 9.97 Å². The van der Waals surface area contributed by atoms with Crippen LogP contribution in [0.25, 0.3) is 0 Å². The summed E-state index contributed by atoms with van der Waals surface area (Å²) in [6.45, 7) is 3.91. The van der Waals surface area contributed by atoms with Crippen LogP contribution in [0, 0.1) is 9.49 Å². The van der Waals surface area contributed by atoms with Crippen molar-refractivity contribution in [3.63, 3.8) is 0 Å². The molecular formula is C12H18IN3O. The maximum absolute atomic E-state index is 5.20. The number of rotatable bonds is 6. The fourth-order valence-electron chi connectivity index (χ4n) is 2.04. The Morgan fingerprint density at radius 2 is 2.35 bits per heavy atom. The topological polar surface area (TPSA) is 38.2 Å². The average Bonchev–Trinajstić information content (AvgIpc) is 3.15. The zero-order chi connectivity index (χ0) is 12.3. The summed E-state index contributed by atoms with van der Waals surface area (Å²) < 4.78 is 6.30. The van der Waals surface area contributed by atoms with Gasteiger partial charge in [-0.15, -0.1) is 0 Å². The molecule has 1 aliphatic rings. The Morgan fingerprint density at radius 3 is 2.94 bits per heavy atom. The van der Waals surface area contributed by atoms with Gasteiger partial charge in [0.25, 0.3) is 0 Å². The molecule has 0 N–H and O–H groups in total. The highest BCUT2D eigenvalue weighted by Gasteiger charge is 2.33. The Hall–Kier alpha value is -0.430. The summed E-state index contributed by atoms with van der Waals surface area (Å²) in [4.78, 5) is 10.8. The van der Waals surface area contributed by atoms with Gasteiger partial charge in [-0.3, -0.25) is 0 Å². The molecule has 94 valence electrons. The molecule has 1 aromatic rings. The molecule has 0 amide bonds. The van der Waals surface area contributed by atoms with E-state index >= 15 is 0 Å². The number of hydrogen-bond donors (Lipinski definition) is 0. The van der Waals surface area contributed by atoms with Crippen molar-refractivity contribution in [2.75, 3.05) is 25.2 Å². The van der Waals surface area contributed by atoms with E-state index in [2.05, 4.69) is 44.4 Å². The zero-order valence-electron chi connectivity index (χ0n) is 10.3. The second-order valence-electron chi connectivity index (χ2n) is 4.46. The number of nitrogens with zero attached hydrogens (tertiary/aromatic N) is 3. The lowest BCUT2D eigenvalue weighted by Gasteiger charge is -2.30. The second kappa shape index (κ2) is 5.95. The molecule has 1 heterocycles. The Kier molecular flexibility index (Phi) is 4.55. The first-order valence-electron chi connectivity index (χ1n) is 5.95. The molecule has 1 unspecified atom stereocenters. The smallest absolute Gasteiger partial charge is 0.145 e. The van der Waals surface area contributed by atoms with Crippen LogP contribution in [0.15, 0.2) is 12.5 Å². The lowest BCUT2D eigenvalue weighted by Crippen LogP contribution is -2.38. The molecule has 1 fully saturated rings. The van der Waals surface area contributed by atoms with E-state index in [1.165, 1.54) is 12.8 Å². The molecule has 5 heteroatoms. The van der Waals surface area contributed by atoms with Gasteiger partial charge in [0.15, 0.2) is 0 Å². The number of hydrogen-bond acceptors (Lipinski definition) is 4. The quantitative estimate of drug-likeness (QED) is 0.741. The molecular weight excluding hydrogens is 329 g/mol. The Bertz CT molecular complexity index is 371. The summed E-state index contributed by atoms with van der Waals surface area (Å²) in [5, 5.41) is 0. The van der Waals surface area contributed by atoms with Gasteiger partial charge in [-0.05, 0) is 48.3 Å². The van der Waals surface area contributed by atoms with Crippen molar-refractivity contribution in [3.05, 3.63) is 16.1 Å². The maximum atomic E-state index is 5.20. The number of methoxy groups -OCH3 is 1. The molecule has 2 rings (SSSR count). The number of ether oxygens (including phenoxy) is 1. The van der Waals surface area contributed by atoms with Crippen molar-refractivity contribution in [2.24, 2.45) is 5.92 Å². The first-order chi connectivity index (χ1) is 8.24. The van der Waals surface area contributed by atoms with E-state index in [0.29, 0.717) is 6.04 Å². The first-order valence-corrected chi connectivity index (χ1v) is 7.03. The zero-order valence-corrected chi connectivity index (χ0v) is 12.4. The largest absolute Gasteiger partial charge is 0.383 e. The van der Waals surface area contributed by atoms with Crippen LogP contribution >= 0.6 is 22.6 Å². The standard InChI is InChI=1S/C12H18IN3O/c1-9(10-3-4-10)16(5-6-17-2)12-11(13)7-14-8-15-12/h7-10H,3-6H2,1-2H3. The third-order valence-electron chi connectivity index (χ3n) is 3.25. The number of halogens is 1. The fourth-order valence-corrected chi connectivity index (χ4v) is 2.65. The molecule has 17 heavy (non-hydrogen) atoms. The Balaban J connectivity index is 2.16. The van der Waals surface area contributed by atoms with E-state index < -0.39 is 0 Å². The maximum Gasteiger partial charge on any atom is 0.145 e. The number of anilines is 1. The van der Waals surface area contributed by atoms with E-state index in [1.54, 1.807) is 13.4 Å². The summed E-state index contributed by atoms with van der Waals surface area (Å²) in [6, 6.07) is 0.536.